The molecular formula is C54H66O6. The van der Waals surface area contributed by atoms with Crippen molar-refractivity contribution in [3.8, 4) is 22.6 Å². The molecule has 0 amide bonds. The number of carbonyl (C=O) groups is 2. The van der Waals surface area contributed by atoms with Gasteiger partial charge in [0.05, 0.1) is 13.2 Å². The average molecular weight is 811 g/mol. The van der Waals surface area contributed by atoms with Crippen LogP contribution in [0.2, 0.25) is 0 Å². The van der Waals surface area contributed by atoms with Crippen molar-refractivity contribution in [2.24, 2.45) is 11.8 Å². The Morgan fingerprint density at radius 2 is 0.817 bits per heavy atom. The Kier molecular flexibility index (Phi) is 16.3. The summed E-state index contributed by atoms with van der Waals surface area (Å²) in [4.78, 5) is 27.2. The molecule has 0 aliphatic heterocycles. The van der Waals surface area contributed by atoms with Crippen molar-refractivity contribution in [3.63, 3.8) is 0 Å². The Hall–Kier alpha value is -5.10. The average Bonchev–Trinajstić information content (AvgIpc) is 3.28. The molecule has 6 aromatic rings. The number of rotatable bonds is 21. The van der Waals surface area contributed by atoms with E-state index in [2.05, 4.69) is 102 Å². The molecule has 0 aliphatic rings. The van der Waals surface area contributed by atoms with Gasteiger partial charge in [-0.3, -0.25) is 0 Å². The van der Waals surface area contributed by atoms with Crippen LogP contribution in [0, 0.1) is 11.8 Å². The molecule has 6 rings (SSSR count). The molecule has 0 fully saturated rings. The summed E-state index contributed by atoms with van der Waals surface area (Å²) in [5.41, 5.74) is 4.55. The molecule has 60 heavy (non-hydrogen) atoms. The molecule has 0 spiro atoms. The molecule has 2 atom stereocenters. The van der Waals surface area contributed by atoms with Crippen LogP contribution in [0.15, 0.2) is 84.9 Å². The third-order valence-corrected chi connectivity index (χ3v) is 12.3. The van der Waals surface area contributed by atoms with Gasteiger partial charge in [0.2, 0.25) is 0 Å². The first-order valence-electron chi connectivity index (χ1n) is 23.0. The fraction of sp³-hybridized carbons (Fsp3) is 0.444. The molecule has 0 N–H and O–H groups in total. The molecule has 0 saturated carbocycles. The lowest BCUT2D eigenvalue weighted by molar-refractivity contribution is 0.0811. The normalized spacial score (nSPS) is 12.6. The van der Waals surface area contributed by atoms with E-state index in [0.717, 1.165) is 144 Å². The zero-order chi connectivity index (χ0) is 42.4. The predicted octanol–water partition coefficient (Wildman–Crippen LogP) is 16.1. The zero-order valence-corrected chi connectivity index (χ0v) is 37.0. The molecule has 318 valence electrons. The van der Waals surface area contributed by atoms with Crippen molar-refractivity contribution in [1.29, 1.82) is 0 Å². The Balaban J connectivity index is 1.58. The Bertz CT molecular complexity index is 2210. The van der Waals surface area contributed by atoms with Gasteiger partial charge in [-0.1, -0.05) is 178 Å². The van der Waals surface area contributed by atoms with Gasteiger partial charge >= 0.3 is 12.3 Å². The fourth-order valence-electron chi connectivity index (χ4n) is 8.60. The highest BCUT2D eigenvalue weighted by Gasteiger charge is 2.26. The van der Waals surface area contributed by atoms with Gasteiger partial charge in [-0.05, 0) is 94.2 Å². The smallest absolute Gasteiger partial charge is 0.434 e. The molecule has 0 heterocycles. The predicted molar refractivity (Wildman–Crippen MR) is 250 cm³/mol. The van der Waals surface area contributed by atoms with Crippen LogP contribution >= 0.6 is 0 Å². The lowest BCUT2D eigenvalue weighted by Crippen LogP contribution is -2.17. The third kappa shape index (κ3) is 10.4. The van der Waals surface area contributed by atoms with E-state index in [0.29, 0.717) is 36.5 Å². The minimum Gasteiger partial charge on any atom is -0.434 e. The molecule has 0 bridgehead atoms. The molecule has 6 nitrogen and oxygen atoms in total. The number of fused-ring (bicyclic) bond motifs is 4. The summed E-state index contributed by atoms with van der Waals surface area (Å²) in [7, 11) is 0. The van der Waals surface area contributed by atoms with E-state index in [1.165, 1.54) is 11.1 Å². The molecule has 6 aromatic carbocycles. The number of aryl methyl sites for hydroxylation is 2. The van der Waals surface area contributed by atoms with E-state index in [4.69, 9.17) is 18.9 Å². The maximum Gasteiger partial charge on any atom is 0.513 e. The monoisotopic (exact) mass is 810 g/mol. The minimum atomic E-state index is -0.681. The van der Waals surface area contributed by atoms with Gasteiger partial charge in [0.1, 0.15) is 11.5 Å². The SMILES string of the molecule is CCCCc1ccc2c(OC(=O)OCC(CC)CCCC)c3ccccc3c(-c3c4ccccc4c(OC(=O)OCC(CC)CCCC)c4ccc(CCCC)cc34)c2c1. The quantitative estimate of drug-likeness (QED) is 0.0410. The van der Waals surface area contributed by atoms with E-state index in [9.17, 15) is 9.59 Å². The van der Waals surface area contributed by atoms with Crippen molar-refractivity contribution < 1.29 is 28.5 Å². The van der Waals surface area contributed by atoms with Crippen molar-refractivity contribution in [1.82, 2.24) is 0 Å². The van der Waals surface area contributed by atoms with Gasteiger partial charge < -0.3 is 18.9 Å². The summed E-state index contributed by atoms with van der Waals surface area (Å²) in [6.45, 7) is 13.8. The van der Waals surface area contributed by atoms with Gasteiger partial charge in [-0.15, -0.1) is 0 Å². The number of hydrogen-bond acceptors (Lipinski definition) is 6. The lowest BCUT2D eigenvalue weighted by atomic mass is 9.84. The summed E-state index contributed by atoms with van der Waals surface area (Å²) in [6.07, 6.45) is 13.1. The largest absolute Gasteiger partial charge is 0.513 e. The molecule has 6 heteroatoms. The molecule has 2 unspecified atom stereocenters. The summed E-state index contributed by atoms with van der Waals surface area (Å²) in [5.74, 6) is 1.60. The van der Waals surface area contributed by atoms with Crippen LogP contribution in [0.3, 0.4) is 0 Å². The lowest BCUT2D eigenvalue weighted by Gasteiger charge is -2.22. The first-order chi connectivity index (χ1) is 29.3. The van der Waals surface area contributed by atoms with Gasteiger partial charge in [0.25, 0.3) is 0 Å². The van der Waals surface area contributed by atoms with Crippen LogP contribution < -0.4 is 9.47 Å². The van der Waals surface area contributed by atoms with Crippen LogP contribution in [0.4, 0.5) is 9.59 Å². The van der Waals surface area contributed by atoms with Crippen LogP contribution in [0.1, 0.15) is 130 Å². The van der Waals surface area contributed by atoms with Crippen LogP contribution in [0.25, 0.3) is 54.2 Å². The Morgan fingerprint density at radius 1 is 0.450 bits per heavy atom. The molecular weight excluding hydrogens is 745 g/mol. The summed E-state index contributed by atoms with van der Waals surface area (Å²) >= 11 is 0. The topological polar surface area (TPSA) is 71.1 Å². The highest BCUT2D eigenvalue weighted by atomic mass is 16.7. The molecule has 0 aliphatic carbocycles. The first kappa shape index (κ1) is 44.5. The summed E-state index contributed by atoms with van der Waals surface area (Å²) < 4.78 is 24.2. The van der Waals surface area contributed by atoms with Crippen molar-refractivity contribution >= 4 is 55.4 Å². The highest BCUT2D eigenvalue weighted by molar-refractivity contribution is 6.27. The fourth-order valence-corrected chi connectivity index (χ4v) is 8.60. The van der Waals surface area contributed by atoms with Crippen LogP contribution in [-0.4, -0.2) is 25.5 Å². The molecule has 0 radical (unpaired) electrons. The number of ether oxygens (including phenoxy) is 4. The van der Waals surface area contributed by atoms with Crippen molar-refractivity contribution in [2.45, 2.75) is 131 Å². The standard InChI is InChI=1S/C54H66O6/c1-7-13-21-37(11-5)35-57-53(55)59-51-43-27-19-17-25-41(43)49(47-33-39(23-15-9-3)29-31-45(47)51)50-42-26-18-20-28-44(42)52(46-32-30-40(24-16-10-4)34-48(46)50)60-54(56)58-36-38(12-6)22-14-8-2/h17-20,25-34,37-38H,7-16,21-24,35-36H2,1-6H3. The molecule has 0 saturated heterocycles. The second kappa shape index (κ2) is 21.9. The first-order valence-corrected chi connectivity index (χ1v) is 23.0. The van der Waals surface area contributed by atoms with E-state index in [-0.39, 0.29) is 0 Å². The Morgan fingerprint density at radius 3 is 1.18 bits per heavy atom. The summed E-state index contributed by atoms with van der Waals surface area (Å²) in [6, 6.07) is 29.6. The van der Waals surface area contributed by atoms with Gasteiger partial charge in [-0.2, -0.15) is 0 Å². The third-order valence-electron chi connectivity index (χ3n) is 12.3. The van der Waals surface area contributed by atoms with Gasteiger partial charge in [-0.25, -0.2) is 9.59 Å². The van der Waals surface area contributed by atoms with Crippen LogP contribution in [-0.2, 0) is 22.3 Å². The van der Waals surface area contributed by atoms with E-state index in [1.54, 1.807) is 0 Å². The maximum atomic E-state index is 13.6. The van der Waals surface area contributed by atoms with Crippen molar-refractivity contribution in [2.75, 3.05) is 13.2 Å². The van der Waals surface area contributed by atoms with Crippen LogP contribution in [0.5, 0.6) is 11.5 Å². The van der Waals surface area contributed by atoms with Crippen molar-refractivity contribution in [3.05, 3.63) is 96.1 Å². The Labute approximate surface area is 357 Å². The number of unbranched alkanes of at least 4 members (excludes halogenated alkanes) is 4. The number of benzene rings is 6. The van der Waals surface area contributed by atoms with Gasteiger partial charge in [0.15, 0.2) is 0 Å². The zero-order valence-electron chi connectivity index (χ0n) is 37.0. The van der Waals surface area contributed by atoms with E-state index in [1.807, 2.05) is 24.3 Å². The summed E-state index contributed by atoms with van der Waals surface area (Å²) in [5, 5.41) is 7.26. The number of hydrogen-bond donors (Lipinski definition) is 0. The molecule has 0 aromatic heterocycles. The second-order valence-electron chi connectivity index (χ2n) is 16.6. The van der Waals surface area contributed by atoms with E-state index >= 15 is 0 Å². The number of carbonyl (C=O) groups excluding carboxylic acids is 2. The van der Waals surface area contributed by atoms with Gasteiger partial charge in [0, 0.05) is 21.5 Å². The maximum absolute atomic E-state index is 13.6. The highest BCUT2D eigenvalue weighted by Crippen LogP contribution is 2.50. The van der Waals surface area contributed by atoms with E-state index < -0.39 is 12.3 Å². The second-order valence-corrected chi connectivity index (χ2v) is 16.6. The minimum absolute atomic E-state index is 0.297.